The number of para-hydroxylation sites is 1. The van der Waals surface area contributed by atoms with Gasteiger partial charge in [0.2, 0.25) is 5.91 Å². The zero-order valence-corrected chi connectivity index (χ0v) is 10.7. The first-order valence-corrected chi connectivity index (χ1v) is 5.94. The molecule has 0 fully saturated rings. The van der Waals surface area contributed by atoms with Gasteiger partial charge in [-0.05, 0) is 19.1 Å². The van der Waals surface area contributed by atoms with Crippen molar-refractivity contribution >= 4 is 11.9 Å². The van der Waals surface area contributed by atoms with E-state index in [1.165, 1.54) is 0 Å². The predicted molar refractivity (Wildman–Crippen MR) is 69.8 cm³/mol. The lowest BCUT2D eigenvalue weighted by atomic mass is 10.2. The molecule has 0 aliphatic rings. The Kier molecular flexibility index (Phi) is 5.81. The van der Waals surface area contributed by atoms with Gasteiger partial charge in [0, 0.05) is 0 Å². The Hall–Kier alpha value is -2.08. The molecule has 19 heavy (non-hydrogen) atoms. The summed E-state index contributed by atoms with van der Waals surface area (Å²) in [6.07, 6.45) is -0.391. The van der Waals surface area contributed by atoms with Crippen molar-refractivity contribution < 1.29 is 19.4 Å². The molecular formula is C13H18N2O4. The number of ether oxygens (including phenoxy) is 1. The minimum absolute atomic E-state index is 0.257. The minimum atomic E-state index is -1.10. The van der Waals surface area contributed by atoms with Gasteiger partial charge >= 0.3 is 5.97 Å². The van der Waals surface area contributed by atoms with Gasteiger partial charge in [-0.3, -0.25) is 9.59 Å². The SMILES string of the molecule is C[C@H](COc1ccccc1)NC(=O)[C@@H](N)CC(=O)O. The second-order valence-corrected chi connectivity index (χ2v) is 4.24. The lowest BCUT2D eigenvalue weighted by Crippen LogP contribution is -2.47. The molecule has 0 bridgehead atoms. The van der Waals surface area contributed by atoms with Crippen LogP contribution in [0.3, 0.4) is 0 Å². The number of carboxylic acids is 1. The quantitative estimate of drug-likeness (QED) is 0.662. The van der Waals surface area contributed by atoms with Crippen LogP contribution in [-0.4, -0.2) is 35.7 Å². The van der Waals surface area contributed by atoms with Crippen LogP contribution in [0.2, 0.25) is 0 Å². The third-order valence-electron chi connectivity index (χ3n) is 2.36. The third kappa shape index (κ3) is 5.87. The van der Waals surface area contributed by atoms with Gasteiger partial charge in [0.15, 0.2) is 0 Å². The second-order valence-electron chi connectivity index (χ2n) is 4.24. The van der Waals surface area contributed by atoms with Crippen molar-refractivity contribution in [2.75, 3.05) is 6.61 Å². The van der Waals surface area contributed by atoms with Gasteiger partial charge in [-0.2, -0.15) is 0 Å². The number of carboxylic acid groups (broad SMARTS) is 1. The van der Waals surface area contributed by atoms with Gasteiger partial charge in [-0.25, -0.2) is 0 Å². The van der Waals surface area contributed by atoms with Crippen LogP contribution in [-0.2, 0) is 9.59 Å². The molecule has 0 aliphatic heterocycles. The van der Waals surface area contributed by atoms with Gasteiger partial charge < -0.3 is 20.9 Å². The molecule has 0 spiro atoms. The highest BCUT2D eigenvalue weighted by Gasteiger charge is 2.18. The molecular weight excluding hydrogens is 248 g/mol. The van der Waals surface area contributed by atoms with Crippen molar-refractivity contribution in [3.05, 3.63) is 30.3 Å². The molecule has 104 valence electrons. The smallest absolute Gasteiger partial charge is 0.305 e. The van der Waals surface area contributed by atoms with Gasteiger partial charge in [0.25, 0.3) is 0 Å². The fraction of sp³-hybridized carbons (Fsp3) is 0.385. The Bertz CT molecular complexity index is 422. The predicted octanol–water partition coefficient (Wildman–Crippen LogP) is 0.372. The maximum atomic E-state index is 11.5. The summed E-state index contributed by atoms with van der Waals surface area (Å²) in [4.78, 5) is 22.0. The van der Waals surface area contributed by atoms with Crippen LogP contribution in [0.1, 0.15) is 13.3 Å². The molecule has 1 aromatic carbocycles. The number of hydrogen-bond acceptors (Lipinski definition) is 4. The van der Waals surface area contributed by atoms with Crippen LogP contribution < -0.4 is 15.8 Å². The monoisotopic (exact) mass is 266 g/mol. The lowest BCUT2D eigenvalue weighted by molar-refractivity contribution is -0.139. The van der Waals surface area contributed by atoms with Crippen LogP contribution >= 0.6 is 0 Å². The molecule has 6 heteroatoms. The molecule has 0 radical (unpaired) electrons. The average molecular weight is 266 g/mol. The molecule has 0 saturated carbocycles. The number of aliphatic carboxylic acids is 1. The van der Waals surface area contributed by atoms with Gasteiger partial charge in [-0.15, -0.1) is 0 Å². The van der Waals surface area contributed by atoms with Gasteiger partial charge in [0.05, 0.1) is 18.5 Å². The number of amides is 1. The standard InChI is InChI=1S/C13H18N2O4/c1-9(8-19-10-5-3-2-4-6-10)15-13(18)11(14)7-12(16)17/h2-6,9,11H,7-8,14H2,1H3,(H,15,18)(H,16,17)/t9-,11+/m1/s1. The highest BCUT2D eigenvalue weighted by molar-refractivity contribution is 5.86. The highest BCUT2D eigenvalue weighted by Crippen LogP contribution is 2.08. The van der Waals surface area contributed by atoms with E-state index >= 15 is 0 Å². The Morgan fingerprint density at radius 1 is 1.37 bits per heavy atom. The summed E-state index contributed by atoms with van der Waals surface area (Å²) in [6.45, 7) is 2.05. The van der Waals surface area contributed by atoms with Crippen molar-refractivity contribution in [3.8, 4) is 5.75 Å². The van der Waals surface area contributed by atoms with Crippen molar-refractivity contribution in [2.24, 2.45) is 5.73 Å². The summed E-state index contributed by atoms with van der Waals surface area (Å²) in [6, 6.07) is 7.89. The molecule has 1 amide bonds. The van der Waals surface area contributed by atoms with Crippen LogP contribution in [0.15, 0.2) is 30.3 Å². The Labute approximate surface area is 111 Å². The number of benzene rings is 1. The van der Waals surface area contributed by atoms with E-state index in [2.05, 4.69) is 5.32 Å². The first-order chi connectivity index (χ1) is 8.99. The molecule has 0 saturated heterocycles. The van der Waals surface area contributed by atoms with E-state index < -0.39 is 24.3 Å². The molecule has 0 aromatic heterocycles. The van der Waals surface area contributed by atoms with E-state index in [0.29, 0.717) is 5.75 Å². The second kappa shape index (κ2) is 7.38. The van der Waals surface area contributed by atoms with Gasteiger partial charge in [-0.1, -0.05) is 18.2 Å². The topological polar surface area (TPSA) is 102 Å². The van der Waals surface area contributed by atoms with E-state index in [1.807, 2.05) is 30.3 Å². The summed E-state index contributed by atoms with van der Waals surface area (Å²) in [7, 11) is 0. The van der Waals surface area contributed by atoms with E-state index in [4.69, 9.17) is 15.6 Å². The Morgan fingerprint density at radius 2 is 2.00 bits per heavy atom. The number of carbonyl (C=O) groups excluding carboxylic acids is 1. The number of nitrogens with one attached hydrogen (secondary N) is 1. The van der Waals surface area contributed by atoms with E-state index in [1.54, 1.807) is 6.92 Å². The van der Waals surface area contributed by atoms with E-state index in [9.17, 15) is 9.59 Å². The molecule has 1 aromatic rings. The molecule has 4 N–H and O–H groups in total. The van der Waals surface area contributed by atoms with Crippen molar-refractivity contribution in [1.29, 1.82) is 0 Å². The van der Waals surface area contributed by atoms with E-state index in [0.717, 1.165) is 0 Å². The maximum absolute atomic E-state index is 11.5. The third-order valence-corrected chi connectivity index (χ3v) is 2.36. The van der Waals surface area contributed by atoms with Crippen LogP contribution in [0.5, 0.6) is 5.75 Å². The fourth-order valence-corrected chi connectivity index (χ4v) is 1.41. The normalized spacial score (nSPS) is 13.4. The van der Waals surface area contributed by atoms with Crippen LogP contribution in [0.25, 0.3) is 0 Å². The fourth-order valence-electron chi connectivity index (χ4n) is 1.41. The first kappa shape index (κ1) is 15.0. The number of nitrogens with two attached hydrogens (primary N) is 1. The van der Waals surface area contributed by atoms with Crippen LogP contribution in [0, 0.1) is 0 Å². The Morgan fingerprint density at radius 3 is 2.58 bits per heavy atom. The summed E-state index contributed by atoms with van der Waals surface area (Å²) < 4.78 is 5.46. The summed E-state index contributed by atoms with van der Waals surface area (Å²) >= 11 is 0. The molecule has 1 rings (SSSR count). The molecule has 2 atom stereocenters. The van der Waals surface area contributed by atoms with Crippen molar-refractivity contribution in [1.82, 2.24) is 5.32 Å². The number of rotatable bonds is 7. The molecule has 6 nitrogen and oxygen atoms in total. The zero-order chi connectivity index (χ0) is 14.3. The number of hydrogen-bond donors (Lipinski definition) is 3. The van der Waals surface area contributed by atoms with E-state index in [-0.39, 0.29) is 12.6 Å². The van der Waals surface area contributed by atoms with Gasteiger partial charge in [0.1, 0.15) is 12.4 Å². The van der Waals surface area contributed by atoms with Crippen LogP contribution in [0.4, 0.5) is 0 Å². The number of carbonyl (C=O) groups is 2. The molecule has 0 aliphatic carbocycles. The lowest BCUT2D eigenvalue weighted by Gasteiger charge is -2.17. The highest BCUT2D eigenvalue weighted by atomic mass is 16.5. The molecule has 0 heterocycles. The largest absolute Gasteiger partial charge is 0.491 e. The average Bonchev–Trinajstić information content (AvgIpc) is 2.36. The summed E-state index contributed by atoms with van der Waals surface area (Å²) in [5, 5.41) is 11.1. The zero-order valence-electron chi connectivity index (χ0n) is 10.7. The van der Waals surface area contributed by atoms with Crippen molar-refractivity contribution in [3.63, 3.8) is 0 Å². The van der Waals surface area contributed by atoms with Crippen molar-refractivity contribution in [2.45, 2.75) is 25.4 Å². The summed E-state index contributed by atoms with van der Waals surface area (Å²) in [5.41, 5.74) is 5.44. The summed E-state index contributed by atoms with van der Waals surface area (Å²) in [5.74, 6) is -0.888. The Balaban J connectivity index is 2.32. The first-order valence-electron chi connectivity index (χ1n) is 5.94. The minimum Gasteiger partial charge on any atom is -0.491 e. The maximum Gasteiger partial charge on any atom is 0.305 e. The molecule has 0 unspecified atom stereocenters.